The van der Waals surface area contributed by atoms with Gasteiger partial charge < -0.3 is 50.3 Å². The van der Waals surface area contributed by atoms with Crippen molar-refractivity contribution in [3.63, 3.8) is 0 Å². The first-order chi connectivity index (χ1) is 27.6. The number of carboxylic acid groups (broad SMARTS) is 2. The fourth-order valence-electron chi connectivity index (χ4n) is 7.81. The molecule has 59 heavy (non-hydrogen) atoms. The summed E-state index contributed by atoms with van der Waals surface area (Å²) in [5.41, 5.74) is 2.93. The van der Waals surface area contributed by atoms with E-state index in [9.17, 15) is 49.2 Å². The van der Waals surface area contributed by atoms with E-state index in [-0.39, 0.29) is 57.1 Å². The number of likely N-dealkylation sites (tertiary alicyclic amines) is 1. The van der Waals surface area contributed by atoms with E-state index in [2.05, 4.69) is 28.1 Å². The van der Waals surface area contributed by atoms with Gasteiger partial charge in [-0.1, -0.05) is 16.8 Å². The Morgan fingerprint density at radius 3 is 2.41 bits per heavy atom. The number of phenolic OH excluding ortho intramolecular Hbond substituents is 2. The molecule has 4 saturated heterocycles. The van der Waals surface area contributed by atoms with Crippen LogP contribution >= 0.6 is 35.6 Å². The summed E-state index contributed by atoms with van der Waals surface area (Å²) in [5, 5.41) is 47.1. The molecule has 4 aliphatic rings. The highest BCUT2D eigenvalue weighted by Gasteiger charge is 2.51. The van der Waals surface area contributed by atoms with E-state index in [1.165, 1.54) is 36.1 Å². The fourth-order valence-corrected chi connectivity index (χ4v) is 8.84. The molecule has 4 aliphatic heterocycles. The quantitative estimate of drug-likeness (QED) is 0.0260. The molecule has 2 bridgehead atoms. The van der Waals surface area contributed by atoms with Crippen LogP contribution in [0.1, 0.15) is 56.6 Å². The van der Waals surface area contributed by atoms with Gasteiger partial charge >= 0.3 is 11.9 Å². The second kappa shape index (κ2) is 16.0. The number of aromatic hydroxyl groups is 2. The lowest BCUT2D eigenvalue weighted by Crippen LogP contribution is -2.70. The average molecular weight is 876 g/mol. The smallest absolute Gasteiger partial charge is 0.352 e. The Morgan fingerprint density at radius 1 is 1.19 bits per heavy atom. The second-order valence-electron chi connectivity index (χ2n) is 15.5. The summed E-state index contributed by atoms with van der Waals surface area (Å²) in [7, 11) is 1.59. The zero-order valence-corrected chi connectivity index (χ0v) is 35.1. The number of aryl methyl sites for hydroxylation is 1. The third kappa shape index (κ3) is 7.90. The Balaban J connectivity index is 1.24. The predicted molar refractivity (Wildman–Crippen MR) is 219 cm³/mol. The van der Waals surface area contributed by atoms with Crippen molar-refractivity contribution >= 4 is 87.0 Å². The number of hydrogen-bond acceptors (Lipinski definition) is 14. The number of oxime groups is 1. The molecule has 3 aromatic rings. The van der Waals surface area contributed by atoms with Gasteiger partial charge in [0.2, 0.25) is 11.0 Å². The number of carbonyl (C=O) groups is 5. The number of benzene rings is 1. The molecule has 1 aromatic carbocycles. The number of hydrogen-bond donors (Lipinski definition) is 7. The summed E-state index contributed by atoms with van der Waals surface area (Å²) in [5.74, 6) is -6.09. The molecule has 19 nitrogen and oxygen atoms in total. The van der Waals surface area contributed by atoms with Crippen LogP contribution in [0.25, 0.3) is 10.9 Å². The molecule has 3 amide bonds. The molecule has 0 spiro atoms. The molecule has 0 aliphatic carbocycles. The second-order valence-corrected chi connectivity index (χ2v) is 17.6. The van der Waals surface area contributed by atoms with Gasteiger partial charge in [-0.15, -0.1) is 11.3 Å². The number of thiazole rings is 1. The minimum atomic E-state index is -1.82. The lowest BCUT2D eigenvalue weighted by Gasteiger charge is -2.47. The summed E-state index contributed by atoms with van der Waals surface area (Å²) < 4.78 is 1.86. The van der Waals surface area contributed by atoms with E-state index in [1.807, 2.05) is 0 Å². The van der Waals surface area contributed by atoms with E-state index in [4.69, 9.17) is 22.2 Å². The van der Waals surface area contributed by atoms with Gasteiger partial charge in [0.1, 0.15) is 29.5 Å². The number of rotatable bonds is 12. The SMILES string of the molecule is C[C@H](S)/C(C[N+]12CCC(CC1)N(C(=O)c1cn(C)c3cc(O)c(O)c(Cl)c3c1=O)CC2)=C(/C(=O)O)N1C(=O)[C@@H](NC(=O)/C(=N\OC(C)(C)C(=O)O)c2csc(N)n2)[C@H]1C. The lowest BCUT2D eigenvalue weighted by molar-refractivity contribution is -0.925. The molecule has 7 rings (SSSR count). The highest BCUT2D eigenvalue weighted by molar-refractivity contribution is 7.81. The Kier molecular flexibility index (Phi) is 11.7. The van der Waals surface area contributed by atoms with Gasteiger partial charge in [-0.3, -0.25) is 24.1 Å². The van der Waals surface area contributed by atoms with Gasteiger partial charge in [0.05, 0.1) is 48.1 Å². The number of nitrogens with zero attached hydrogens (tertiary/aromatic N) is 6. The highest BCUT2D eigenvalue weighted by Crippen LogP contribution is 2.39. The first-order valence-corrected chi connectivity index (χ1v) is 20.3. The van der Waals surface area contributed by atoms with Crippen molar-refractivity contribution in [1.82, 2.24) is 24.7 Å². The Hall–Kier alpha value is -5.38. The molecular formula is C37H44ClN8O11S2+. The van der Waals surface area contributed by atoms with Crippen molar-refractivity contribution in [3.8, 4) is 11.5 Å². The van der Waals surface area contributed by atoms with Crippen LogP contribution in [0.15, 0.2) is 38.9 Å². The molecule has 3 atom stereocenters. The molecule has 4 fully saturated rings. The highest BCUT2D eigenvalue weighted by atomic mass is 35.5. The summed E-state index contributed by atoms with van der Waals surface area (Å²) in [6.45, 7) is 7.65. The van der Waals surface area contributed by atoms with Gasteiger partial charge in [0.15, 0.2) is 22.3 Å². The third-order valence-electron chi connectivity index (χ3n) is 11.3. The number of aromatic nitrogens is 2. The topological polar surface area (TPSA) is 267 Å². The minimum Gasteiger partial charge on any atom is -0.504 e. The normalized spacial score (nSPS) is 23.0. The molecule has 22 heteroatoms. The average Bonchev–Trinajstić information content (AvgIpc) is 3.42. The number of thiol groups is 1. The first-order valence-electron chi connectivity index (χ1n) is 18.5. The largest absolute Gasteiger partial charge is 0.504 e. The van der Waals surface area contributed by atoms with Crippen molar-refractivity contribution < 1.29 is 53.7 Å². The maximum Gasteiger partial charge on any atom is 0.352 e. The minimum absolute atomic E-state index is 0.0271. The molecular weight excluding hydrogens is 832 g/mol. The van der Waals surface area contributed by atoms with Crippen LogP contribution in [0.2, 0.25) is 5.02 Å². The standard InChI is InChI=1S/C37H43ClN8O11S2/c1-16-26(41-31(50)27(21-15-59-36(39)40-21)42-57-37(3,4)35(55)56)33(52)45(16)28(34(53)54)20(17(2)58)14-46-9-6-18(7-10-46)44(8-11-46)32(51)19-13-43(5)22-12-23(47)30(49)25(38)24(22)29(19)48/h12-13,15-18,26H,6-11,14H2,1-5H3,(H7-,39,40,41,47,49,50,53,54,55,56,58)/p+1/b28-20-,42-27-/t16-,17+,18?,26+,46?/m1/s1. The monoisotopic (exact) mass is 875 g/mol. The van der Waals surface area contributed by atoms with Crippen LogP contribution in [0.3, 0.4) is 0 Å². The van der Waals surface area contributed by atoms with Crippen LogP contribution in [0.4, 0.5) is 5.13 Å². The van der Waals surface area contributed by atoms with Gasteiger partial charge in [-0.25, -0.2) is 14.6 Å². The van der Waals surface area contributed by atoms with E-state index >= 15 is 0 Å². The van der Waals surface area contributed by atoms with Crippen molar-refractivity contribution in [3.05, 3.63) is 55.4 Å². The van der Waals surface area contributed by atoms with E-state index in [1.54, 1.807) is 25.8 Å². The Bertz CT molecular complexity index is 2400. The van der Waals surface area contributed by atoms with E-state index < -0.39 is 75.2 Å². The zero-order chi connectivity index (χ0) is 43.5. The number of anilines is 1. The number of phenols is 2. The molecule has 6 heterocycles. The van der Waals surface area contributed by atoms with E-state index in [0.717, 1.165) is 16.2 Å². The summed E-state index contributed by atoms with van der Waals surface area (Å²) >= 11 is 11.9. The van der Waals surface area contributed by atoms with Crippen molar-refractivity contribution in [2.75, 3.05) is 38.5 Å². The number of carboxylic acids is 2. The number of nitrogen functional groups attached to an aromatic ring is 1. The maximum atomic E-state index is 14.1. The van der Waals surface area contributed by atoms with Crippen LogP contribution in [-0.2, 0) is 31.1 Å². The van der Waals surface area contributed by atoms with Crippen LogP contribution < -0.4 is 16.5 Å². The van der Waals surface area contributed by atoms with Gasteiger partial charge in [0, 0.05) is 54.4 Å². The number of piperidine rings is 1. The van der Waals surface area contributed by atoms with Crippen LogP contribution in [0, 0.1) is 0 Å². The molecule has 0 unspecified atom stereocenters. The number of carbonyl (C=O) groups excluding carboxylic acids is 3. The molecule has 316 valence electrons. The van der Waals surface area contributed by atoms with Gasteiger partial charge in [-0.2, -0.15) is 12.6 Å². The number of nitrogens with one attached hydrogen (secondary N) is 1. The first kappa shape index (κ1) is 43.2. The summed E-state index contributed by atoms with van der Waals surface area (Å²) in [4.78, 5) is 91.7. The maximum absolute atomic E-state index is 14.1. The number of pyridine rings is 1. The number of quaternary nitrogens is 1. The van der Waals surface area contributed by atoms with Crippen molar-refractivity contribution in [1.29, 1.82) is 0 Å². The lowest BCUT2D eigenvalue weighted by atomic mass is 9.92. The zero-order valence-electron chi connectivity index (χ0n) is 32.6. The van der Waals surface area contributed by atoms with Crippen LogP contribution in [0.5, 0.6) is 11.5 Å². The Morgan fingerprint density at radius 2 is 1.85 bits per heavy atom. The number of amides is 3. The number of aliphatic carboxylic acids is 2. The van der Waals surface area contributed by atoms with Crippen LogP contribution in [-0.4, -0.2) is 141 Å². The predicted octanol–water partition coefficient (Wildman–Crippen LogP) is 1.73. The van der Waals surface area contributed by atoms with Gasteiger partial charge in [0.25, 0.3) is 17.7 Å². The number of fused-ring (bicyclic) bond motifs is 5. The summed E-state index contributed by atoms with van der Waals surface area (Å²) in [6.07, 6.45) is 2.46. The fraction of sp³-hybridized carbons (Fsp3) is 0.459. The third-order valence-corrected chi connectivity index (χ3v) is 12.6. The number of halogens is 1. The molecule has 0 radical (unpaired) electrons. The molecule has 7 N–H and O–H groups in total. The van der Waals surface area contributed by atoms with Crippen molar-refractivity contribution in [2.45, 2.75) is 69.5 Å². The number of nitrogens with two attached hydrogens (primary N) is 1. The Labute approximate surface area is 351 Å². The molecule has 0 saturated carbocycles. The number of β-lactam (4-membered cyclic amide) rings is 1. The van der Waals surface area contributed by atoms with Gasteiger partial charge in [-0.05, 0) is 27.7 Å². The molecule has 2 aromatic heterocycles. The summed E-state index contributed by atoms with van der Waals surface area (Å²) in [6, 6.07) is -1.09. The van der Waals surface area contributed by atoms with E-state index in [0.29, 0.717) is 42.5 Å². The van der Waals surface area contributed by atoms with Crippen molar-refractivity contribution in [2.24, 2.45) is 12.2 Å².